The molecule has 0 saturated heterocycles. The number of nitrogens with zero attached hydrogens (tertiary/aromatic N) is 2. The predicted octanol–water partition coefficient (Wildman–Crippen LogP) is 3.39. The molecule has 1 aromatic rings. The fraction of sp³-hybridized carbons (Fsp3) is 0.643. The highest BCUT2D eigenvalue weighted by Gasteiger charge is 2.36. The second-order valence-electron chi connectivity index (χ2n) is 5.59. The predicted molar refractivity (Wildman–Crippen MR) is 72.6 cm³/mol. The van der Waals surface area contributed by atoms with Crippen LogP contribution in [-0.2, 0) is 6.18 Å². The van der Waals surface area contributed by atoms with Gasteiger partial charge in [-0.25, -0.2) is 4.98 Å². The van der Waals surface area contributed by atoms with Crippen molar-refractivity contribution < 1.29 is 13.2 Å². The number of aromatic nitrogens is 1. The summed E-state index contributed by atoms with van der Waals surface area (Å²) in [7, 11) is 4.04. The lowest BCUT2D eigenvalue weighted by molar-refractivity contribution is -0.141. The molecule has 112 valence electrons. The Morgan fingerprint density at radius 1 is 1.25 bits per heavy atom. The molecule has 1 N–H and O–H groups in total. The third kappa shape index (κ3) is 3.23. The molecule has 0 aromatic carbocycles. The number of likely N-dealkylation sites (N-methyl/N-ethyl adjacent to an activating group) is 1. The normalized spacial score (nSPS) is 18.5. The number of rotatable bonds is 4. The summed E-state index contributed by atoms with van der Waals surface area (Å²) in [5.74, 6) is 0.285. The number of halogens is 3. The summed E-state index contributed by atoms with van der Waals surface area (Å²) in [6.45, 7) is 0.619. The Bertz CT molecular complexity index is 451. The van der Waals surface area contributed by atoms with Crippen LogP contribution in [0.2, 0.25) is 0 Å². The minimum atomic E-state index is -4.40. The van der Waals surface area contributed by atoms with E-state index in [1.807, 2.05) is 14.1 Å². The first-order valence-corrected chi connectivity index (χ1v) is 6.79. The van der Waals surface area contributed by atoms with Crippen LogP contribution in [-0.4, -0.2) is 36.1 Å². The van der Waals surface area contributed by atoms with Gasteiger partial charge in [-0.2, -0.15) is 13.2 Å². The molecule has 3 nitrogen and oxygen atoms in total. The van der Waals surface area contributed by atoms with Gasteiger partial charge in [-0.1, -0.05) is 18.9 Å². The second kappa shape index (κ2) is 5.60. The molecule has 1 fully saturated rings. The maximum Gasteiger partial charge on any atom is 0.433 e. The van der Waals surface area contributed by atoms with E-state index >= 15 is 0 Å². The van der Waals surface area contributed by atoms with Gasteiger partial charge in [0.25, 0.3) is 0 Å². The molecule has 0 unspecified atom stereocenters. The van der Waals surface area contributed by atoms with Crippen molar-refractivity contribution in [2.24, 2.45) is 0 Å². The number of hydrogen-bond donors (Lipinski definition) is 1. The van der Waals surface area contributed by atoms with Crippen molar-refractivity contribution in [3.8, 4) is 0 Å². The first-order valence-electron chi connectivity index (χ1n) is 6.79. The van der Waals surface area contributed by atoms with E-state index in [2.05, 4.69) is 15.2 Å². The maximum atomic E-state index is 12.6. The van der Waals surface area contributed by atoms with Crippen molar-refractivity contribution in [1.29, 1.82) is 0 Å². The average molecular weight is 287 g/mol. The van der Waals surface area contributed by atoms with Crippen molar-refractivity contribution >= 4 is 5.82 Å². The molecular weight excluding hydrogens is 267 g/mol. The van der Waals surface area contributed by atoms with Gasteiger partial charge < -0.3 is 10.2 Å². The van der Waals surface area contributed by atoms with Gasteiger partial charge in [0.05, 0.1) is 0 Å². The molecule has 6 heteroatoms. The SMILES string of the molecule is CN(C)C1(CNc2cccc(C(F)(F)F)n2)CCCC1. The van der Waals surface area contributed by atoms with Crippen molar-refractivity contribution in [2.75, 3.05) is 26.0 Å². The molecule has 0 spiro atoms. The minimum absolute atomic E-state index is 0.0237. The third-order valence-corrected chi connectivity index (χ3v) is 4.12. The Kier molecular flexibility index (Phi) is 4.22. The fourth-order valence-electron chi connectivity index (χ4n) is 2.76. The summed E-state index contributed by atoms with van der Waals surface area (Å²) in [5, 5.41) is 3.07. The maximum absolute atomic E-state index is 12.6. The Balaban J connectivity index is 2.07. The topological polar surface area (TPSA) is 28.2 Å². The molecule has 0 atom stereocenters. The molecule has 1 aromatic heterocycles. The molecule has 1 heterocycles. The zero-order valence-corrected chi connectivity index (χ0v) is 11.8. The second-order valence-corrected chi connectivity index (χ2v) is 5.59. The van der Waals surface area contributed by atoms with Crippen LogP contribution in [0.3, 0.4) is 0 Å². The number of pyridine rings is 1. The molecule has 20 heavy (non-hydrogen) atoms. The molecule has 0 amide bonds. The monoisotopic (exact) mass is 287 g/mol. The first kappa shape index (κ1) is 15.1. The molecule has 0 radical (unpaired) electrons. The van der Waals surface area contributed by atoms with Crippen molar-refractivity contribution in [3.05, 3.63) is 23.9 Å². The number of alkyl halides is 3. The Morgan fingerprint density at radius 2 is 1.90 bits per heavy atom. The number of nitrogens with one attached hydrogen (secondary N) is 1. The lowest BCUT2D eigenvalue weighted by Crippen LogP contribution is -2.47. The quantitative estimate of drug-likeness (QED) is 0.920. The fourth-order valence-corrected chi connectivity index (χ4v) is 2.76. The molecule has 0 aliphatic heterocycles. The molecule has 1 saturated carbocycles. The summed E-state index contributed by atoms with van der Waals surface area (Å²) in [6, 6.07) is 3.95. The lowest BCUT2D eigenvalue weighted by atomic mass is 9.96. The van der Waals surface area contributed by atoms with E-state index < -0.39 is 11.9 Å². The van der Waals surface area contributed by atoms with Crippen LogP contribution in [0.1, 0.15) is 31.4 Å². The van der Waals surface area contributed by atoms with E-state index in [-0.39, 0.29) is 11.4 Å². The number of anilines is 1. The molecular formula is C14H20F3N3. The zero-order valence-electron chi connectivity index (χ0n) is 11.8. The van der Waals surface area contributed by atoms with E-state index in [4.69, 9.17) is 0 Å². The van der Waals surface area contributed by atoms with Crippen molar-refractivity contribution in [2.45, 2.75) is 37.4 Å². The van der Waals surface area contributed by atoms with Crippen LogP contribution in [0, 0.1) is 0 Å². The van der Waals surface area contributed by atoms with Gasteiger partial charge in [-0.15, -0.1) is 0 Å². The van der Waals surface area contributed by atoms with Gasteiger partial charge in [0.2, 0.25) is 0 Å². The van der Waals surface area contributed by atoms with E-state index in [0.717, 1.165) is 31.7 Å². The van der Waals surface area contributed by atoms with Crippen LogP contribution in [0.4, 0.5) is 19.0 Å². The summed E-state index contributed by atoms with van der Waals surface area (Å²) >= 11 is 0. The third-order valence-electron chi connectivity index (χ3n) is 4.12. The zero-order chi connectivity index (χ0) is 14.8. The Labute approximate surface area is 117 Å². The lowest BCUT2D eigenvalue weighted by Gasteiger charge is -2.36. The van der Waals surface area contributed by atoms with Gasteiger partial charge in [-0.05, 0) is 39.1 Å². The summed E-state index contributed by atoms with van der Waals surface area (Å²) in [4.78, 5) is 5.81. The number of hydrogen-bond acceptors (Lipinski definition) is 3. The largest absolute Gasteiger partial charge is 0.433 e. The first-order chi connectivity index (χ1) is 9.33. The molecule has 1 aliphatic carbocycles. The Hall–Kier alpha value is -1.30. The van der Waals surface area contributed by atoms with Crippen LogP contribution >= 0.6 is 0 Å². The van der Waals surface area contributed by atoms with Crippen molar-refractivity contribution in [1.82, 2.24) is 9.88 Å². The standard InChI is InChI=1S/C14H20F3N3/c1-20(2)13(8-3-4-9-13)10-18-12-7-5-6-11(19-12)14(15,16)17/h5-7H,3-4,8-10H2,1-2H3,(H,18,19). The van der Waals surface area contributed by atoms with Gasteiger partial charge in [-0.3, -0.25) is 0 Å². The van der Waals surface area contributed by atoms with Crippen molar-refractivity contribution in [3.63, 3.8) is 0 Å². The Morgan fingerprint density at radius 3 is 2.45 bits per heavy atom. The highest BCUT2D eigenvalue weighted by molar-refractivity contribution is 5.36. The molecule has 0 bridgehead atoms. The van der Waals surface area contributed by atoms with E-state index in [9.17, 15) is 13.2 Å². The summed E-state index contributed by atoms with van der Waals surface area (Å²) in [6.07, 6.45) is 0.0496. The van der Waals surface area contributed by atoms with Crippen LogP contribution in [0.25, 0.3) is 0 Å². The minimum Gasteiger partial charge on any atom is -0.368 e. The highest BCUT2D eigenvalue weighted by atomic mass is 19.4. The smallest absolute Gasteiger partial charge is 0.368 e. The average Bonchev–Trinajstić information content (AvgIpc) is 2.86. The van der Waals surface area contributed by atoms with Gasteiger partial charge in [0, 0.05) is 12.1 Å². The van der Waals surface area contributed by atoms with E-state index in [1.165, 1.54) is 6.07 Å². The van der Waals surface area contributed by atoms with Crippen LogP contribution in [0.5, 0.6) is 0 Å². The van der Waals surface area contributed by atoms with E-state index in [1.54, 1.807) is 6.07 Å². The van der Waals surface area contributed by atoms with Gasteiger partial charge in [0.1, 0.15) is 11.5 Å². The van der Waals surface area contributed by atoms with Crippen LogP contribution in [0.15, 0.2) is 18.2 Å². The van der Waals surface area contributed by atoms with Crippen LogP contribution < -0.4 is 5.32 Å². The van der Waals surface area contributed by atoms with E-state index in [0.29, 0.717) is 6.54 Å². The van der Waals surface area contributed by atoms with Gasteiger partial charge in [0.15, 0.2) is 0 Å². The molecule has 1 aliphatic rings. The van der Waals surface area contributed by atoms with Gasteiger partial charge >= 0.3 is 6.18 Å². The molecule has 2 rings (SSSR count). The highest BCUT2D eigenvalue weighted by Crippen LogP contribution is 2.34. The summed E-state index contributed by atoms with van der Waals surface area (Å²) in [5.41, 5.74) is -0.830. The summed E-state index contributed by atoms with van der Waals surface area (Å²) < 4.78 is 37.8.